The van der Waals surface area contributed by atoms with Gasteiger partial charge in [-0.15, -0.1) is 0 Å². The summed E-state index contributed by atoms with van der Waals surface area (Å²) in [6, 6.07) is 14.9. The minimum atomic E-state index is -1.20. The Morgan fingerprint density at radius 2 is 1.79 bits per heavy atom. The zero-order chi connectivity index (χ0) is 30.7. The van der Waals surface area contributed by atoms with Gasteiger partial charge in [-0.05, 0) is 56.9 Å². The first-order chi connectivity index (χ1) is 19.9. The zero-order valence-electron chi connectivity index (χ0n) is 24.6. The van der Waals surface area contributed by atoms with Crippen molar-refractivity contribution in [2.75, 3.05) is 19.7 Å². The van der Waals surface area contributed by atoms with Crippen molar-refractivity contribution < 1.29 is 29.0 Å². The van der Waals surface area contributed by atoms with Gasteiger partial charge in [0.05, 0.1) is 31.7 Å². The largest absolute Gasteiger partial charge is 0.494 e. The number of ether oxygens (including phenoxy) is 1. The first kappa shape index (κ1) is 32.6. The van der Waals surface area contributed by atoms with Gasteiger partial charge in [0.25, 0.3) is 0 Å². The summed E-state index contributed by atoms with van der Waals surface area (Å²) in [6.45, 7) is 6.47. The molecule has 2 aromatic rings. The summed E-state index contributed by atoms with van der Waals surface area (Å²) in [6.07, 6.45) is -0.745. The summed E-state index contributed by atoms with van der Waals surface area (Å²) in [5.41, 5.74) is 6.74. The predicted octanol–water partition coefficient (Wildman–Crippen LogP) is 1.02. The smallest absolute Gasteiger partial charge is 0.243 e. The van der Waals surface area contributed by atoms with Crippen molar-refractivity contribution in [2.45, 2.75) is 76.7 Å². The summed E-state index contributed by atoms with van der Waals surface area (Å²) >= 11 is 0. The molecule has 6 N–H and O–H groups in total. The molecule has 0 fully saturated rings. The zero-order valence-corrected chi connectivity index (χ0v) is 24.6. The maximum Gasteiger partial charge on any atom is 0.243 e. The van der Waals surface area contributed by atoms with Crippen molar-refractivity contribution in [3.63, 3.8) is 0 Å². The molecule has 2 bridgehead atoms. The fourth-order valence-corrected chi connectivity index (χ4v) is 4.72. The highest BCUT2D eigenvalue weighted by molar-refractivity contribution is 5.91. The van der Waals surface area contributed by atoms with E-state index < -0.39 is 47.9 Å². The summed E-state index contributed by atoms with van der Waals surface area (Å²) in [4.78, 5) is 52.3. The molecule has 2 aromatic carbocycles. The normalized spacial score (nSPS) is 19.1. The Morgan fingerprint density at radius 3 is 2.43 bits per heavy atom. The number of nitrogens with one attached hydrogen (secondary N) is 3. The molecule has 4 rings (SSSR count). The average molecular weight is 582 g/mol. The van der Waals surface area contributed by atoms with Crippen LogP contribution in [0, 0.1) is 0 Å². The fraction of sp³-hybridized carbons (Fsp3) is 0.484. The SMILES string of the molecule is CC(C)(C)NC(=O)CN(Cc1ccccc1)C[C@H](O)[C@@H]1Cc2ccc(cc2)OCCCC(=O)N[C@@H](CC(N)=O)C(=O)N1. The minimum Gasteiger partial charge on any atom is -0.494 e. The molecule has 0 saturated carbocycles. The molecular weight excluding hydrogens is 538 g/mol. The van der Waals surface area contributed by atoms with E-state index in [1.165, 1.54) is 0 Å². The number of nitrogens with two attached hydrogens (primary N) is 1. The van der Waals surface area contributed by atoms with Crippen molar-refractivity contribution >= 4 is 23.6 Å². The van der Waals surface area contributed by atoms with Gasteiger partial charge < -0.3 is 31.5 Å². The van der Waals surface area contributed by atoms with Crippen LogP contribution in [0.3, 0.4) is 0 Å². The van der Waals surface area contributed by atoms with Crippen LogP contribution in [0.1, 0.15) is 51.2 Å². The van der Waals surface area contributed by atoms with Crippen molar-refractivity contribution in [3.05, 3.63) is 65.7 Å². The van der Waals surface area contributed by atoms with Crippen LogP contribution in [0.25, 0.3) is 0 Å². The first-order valence-electron chi connectivity index (χ1n) is 14.2. The van der Waals surface area contributed by atoms with Crippen LogP contribution in [0.15, 0.2) is 54.6 Å². The van der Waals surface area contributed by atoms with Crippen LogP contribution in [0.4, 0.5) is 0 Å². The summed E-state index contributed by atoms with van der Waals surface area (Å²) in [7, 11) is 0. The molecule has 0 saturated heterocycles. The van der Waals surface area contributed by atoms with Gasteiger partial charge >= 0.3 is 0 Å². The lowest BCUT2D eigenvalue weighted by Crippen LogP contribution is -2.56. The third kappa shape index (κ3) is 11.5. The number of aliphatic hydroxyl groups is 1. The number of nitrogens with zero attached hydrogens (tertiary/aromatic N) is 1. The van der Waals surface area contributed by atoms with E-state index in [0.29, 0.717) is 25.3 Å². The number of fused-ring (bicyclic) bond motifs is 12. The molecule has 0 aromatic heterocycles. The Hall–Kier alpha value is -3.96. The second-order valence-corrected chi connectivity index (χ2v) is 11.7. The highest BCUT2D eigenvalue weighted by Crippen LogP contribution is 2.17. The van der Waals surface area contributed by atoms with Gasteiger partial charge in [0.1, 0.15) is 11.8 Å². The van der Waals surface area contributed by atoms with Crippen LogP contribution in [-0.2, 0) is 32.1 Å². The molecule has 2 aliphatic rings. The number of benzene rings is 2. The fourth-order valence-electron chi connectivity index (χ4n) is 4.72. The number of amides is 4. The van der Waals surface area contributed by atoms with Crippen LogP contribution >= 0.6 is 0 Å². The van der Waals surface area contributed by atoms with E-state index in [2.05, 4.69) is 16.0 Å². The van der Waals surface area contributed by atoms with Crippen molar-refractivity contribution in [2.24, 2.45) is 5.73 Å². The van der Waals surface area contributed by atoms with Gasteiger partial charge in [-0.1, -0.05) is 42.5 Å². The van der Waals surface area contributed by atoms with E-state index in [9.17, 15) is 24.3 Å². The molecule has 0 spiro atoms. The van der Waals surface area contributed by atoms with Gasteiger partial charge in [-0.3, -0.25) is 24.1 Å². The molecule has 42 heavy (non-hydrogen) atoms. The first-order valence-corrected chi connectivity index (χ1v) is 14.2. The van der Waals surface area contributed by atoms with Crippen molar-refractivity contribution in [3.8, 4) is 5.75 Å². The summed E-state index contributed by atoms with van der Waals surface area (Å²) in [5, 5.41) is 19.9. The maximum absolute atomic E-state index is 13.4. The lowest BCUT2D eigenvalue weighted by atomic mass is 9.99. The van der Waals surface area contributed by atoms with E-state index in [0.717, 1.165) is 11.1 Å². The maximum atomic E-state index is 13.4. The van der Waals surface area contributed by atoms with E-state index in [4.69, 9.17) is 10.5 Å². The molecular formula is C31H43N5O6. The number of aliphatic hydroxyl groups excluding tert-OH is 1. The second kappa shape index (κ2) is 15.3. The molecule has 11 heteroatoms. The van der Waals surface area contributed by atoms with Crippen LogP contribution in [0.2, 0.25) is 0 Å². The van der Waals surface area contributed by atoms with Gasteiger partial charge in [-0.25, -0.2) is 0 Å². The van der Waals surface area contributed by atoms with E-state index in [1.54, 1.807) is 12.1 Å². The Bertz CT molecular complexity index is 1200. The third-order valence-corrected chi connectivity index (χ3v) is 6.62. The molecule has 2 heterocycles. The number of hydrogen-bond donors (Lipinski definition) is 5. The molecule has 11 nitrogen and oxygen atoms in total. The summed E-state index contributed by atoms with van der Waals surface area (Å²) in [5.74, 6) is -1.35. The van der Waals surface area contributed by atoms with Crippen LogP contribution in [-0.4, -0.2) is 77.1 Å². The van der Waals surface area contributed by atoms with Gasteiger partial charge in [-0.2, -0.15) is 0 Å². The molecule has 4 amide bonds. The minimum absolute atomic E-state index is 0.0241. The number of hydrogen-bond acceptors (Lipinski definition) is 7. The van der Waals surface area contributed by atoms with Crippen LogP contribution < -0.4 is 26.4 Å². The Balaban J connectivity index is 1.87. The highest BCUT2D eigenvalue weighted by Gasteiger charge is 2.30. The van der Waals surface area contributed by atoms with Crippen molar-refractivity contribution in [1.29, 1.82) is 0 Å². The highest BCUT2D eigenvalue weighted by atomic mass is 16.5. The lowest BCUT2D eigenvalue weighted by molar-refractivity contribution is -0.132. The molecule has 0 aliphatic carbocycles. The molecule has 228 valence electrons. The lowest BCUT2D eigenvalue weighted by Gasteiger charge is -2.32. The standard InChI is InChI=1S/C31H43N5O6/c1-31(2,3)35-29(40)20-36(18-22-8-5-4-6-9-22)19-26(37)24-16-21-11-13-23(14-12-21)42-15-7-10-28(39)33-25(17-27(32)38)30(41)34-24/h4-6,8-9,11-14,24-26,37H,7,10,15-20H2,1-3H3,(H2,32,38)(H,33,39)(H,34,41)(H,35,40)/t24-,25-,26-/m0/s1. The van der Waals surface area contributed by atoms with Gasteiger partial charge in [0.2, 0.25) is 23.6 Å². The number of carbonyl (C=O) groups is 4. The van der Waals surface area contributed by atoms with Gasteiger partial charge in [0.15, 0.2) is 0 Å². The number of primary amides is 1. The quantitative estimate of drug-likeness (QED) is 0.295. The topological polar surface area (TPSA) is 163 Å². The average Bonchev–Trinajstić information content (AvgIpc) is 2.90. The van der Waals surface area contributed by atoms with Gasteiger partial charge in [0, 0.05) is 25.0 Å². The molecule has 0 unspecified atom stereocenters. The summed E-state index contributed by atoms with van der Waals surface area (Å²) < 4.78 is 5.72. The van der Waals surface area contributed by atoms with E-state index >= 15 is 0 Å². The number of rotatable bonds is 9. The molecule has 3 atom stereocenters. The van der Waals surface area contributed by atoms with E-state index in [-0.39, 0.29) is 31.8 Å². The second-order valence-electron chi connectivity index (χ2n) is 11.7. The predicted molar refractivity (Wildman–Crippen MR) is 158 cm³/mol. The Kier molecular flexibility index (Phi) is 11.9. The monoisotopic (exact) mass is 581 g/mol. The Labute approximate surface area is 247 Å². The third-order valence-electron chi connectivity index (χ3n) is 6.62. The Morgan fingerprint density at radius 1 is 1.10 bits per heavy atom. The van der Waals surface area contributed by atoms with E-state index in [1.807, 2.05) is 68.1 Å². The number of carbonyl (C=O) groups excluding carboxylic acids is 4. The van der Waals surface area contributed by atoms with Crippen LogP contribution in [0.5, 0.6) is 5.75 Å². The molecule has 0 radical (unpaired) electrons. The molecule has 2 aliphatic heterocycles. The van der Waals surface area contributed by atoms with Crippen molar-refractivity contribution in [1.82, 2.24) is 20.9 Å².